The Morgan fingerprint density at radius 1 is 0.970 bits per heavy atom. The van der Waals surface area contributed by atoms with Gasteiger partial charge in [-0.15, -0.1) is 0 Å². The molecule has 0 aliphatic carbocycles. The topological polar surface area (TPSA) is 81.8 Å². The molecule has 1 heterocycles. The summed E-state index contributed by atoms with van der Waals surface area (Å²) in [5, 5.41) is 9.24. The third-order valence-electron chi connectivity index (χ3n) is 5.25. The molecule has 0 saturated carbocycles. The maximum atomic E-state index is 11.3. The molecule has 0 amide bonds. The molecule has 1 N–H and O–H groups in total. The zero-order chi connectivity index (χ0) is 23.0. The molecule has 0 aliphatic heterocycles. The normalized spacial score (nSPS) is 11.7. The van der Waals surface area contributed by atoms with Crippen LogP contribution in [0.5, 0.6) is 11.5 Å². The smallest absolute Gasteiger partial charge is 0.304 e. The first kappa shape index (κ1) is 22.1. The molecule has 33 heavy (non-hydrogen) atoms. The number of carboxylic acid groups (broad SMARTS) is 1. The minimum Gasteiger partial charge on any atom is -0.494 e. The van der Waals surface area contributed by atoms with Crippen LogP contribution >= 0.6 is 0 Å². The van der Waals surface area contributed by atoms with Crippen LogP contribution in [0.4, 0.5) is 0 Å². The van der Waals surface area contributed by atoms with E-state index in [1.54, 1.807) is 0 Å². The van der Waals surface area contributed by atoms with Gasteiger partial charge in [0.15, 0.2) is 0 Å². The van der Waals surface area contributed by atoms with Crippen molar-refractivity contribution in [2.45, 2.75) is 25.9 Å². The van der Waals surface area contributed by atoms with Gasteiger partial charge in [0.05, 0.1) is 25.1 Å². The summed E-state index contributed by atoms with van der Waals surface area (Å²) in [6.07, 6.45) is 2.87. The lowest BCUT2D eigenvalue weighted by Gasteiger charge is -2.13. The van der Waals surface area contributed by atoms with Crippen LogP contribution in [0.15, 0.2) is 89.7 Å². The standard InChI is InChI=1S/C27H25NO5/c1-2-31-24-5-3-4-22(16-24)20-8-6-19(7-9-20)18-33-23-12-10-21(11-13-23)25(17-26(29)30)27-28-14-15-32-27/h3-16,25H,2,17-18H2,1H3,(H,29,30). The Kier molecular flexibility index (Phi) is 7.05. The number of oxazole rings is 1. The minimum absolute atomic E-state index is 0.0967. The molecule has 1 atom stereocenters. The highest BCUT2D eigenvalue weighted by atomic mass is 16.5. The number of hydrogen-bond acceptors (Lipinski definition) is 5. The predicted octanol–water partition coefficient (Wildman–Crippen LogP) is 5.93. The second kappa shape index (κ2) is 10.5. The minimum atomic E-state index is -0.911. The Bertz CT molecular complexity index is 1170. The number of nitrogens with zero attached hydrogens (tertiary/aromatic N) is 1. The maximum absolute atomic E-state index is 11.3. The van der Waals surface area contributed by atoms with Crippen molar-refractivity contribution in [3.8, 4) is 22.6 Å². The molecule has 1 aromatic heterocycles. The molecule has 0 saturated heterocycles. The van der Waals surface area contributed by atoms with E-state index in [-0.39, 0.29) is 6.42 Å². The molecular weight excluding hydrogens is 418 g/mol. The zero-order valence-corrected chi connectivity index (χ0v) is 18.3. The molecule has 1 unspecified atom stereocenters. The van der Waals surface area contributed by atoms with Crippen molar-refractivity contribution in [2.75, 3.05) is 6.61 Å². The van der Waals surface area contributed by atoms with E-state index in [0.717, 1.165) is 28.0 Å². The summed E-state index contributed by atoms with van der Waals surface area (Å²) in [7, 11) is 0. The average Bonchev–Trinajstić information content (AvgIpc) is 3.37. The van der Waals surface area contributed by atoms with Crippen LogP contribution in [0.1, 0.15) is 36.3 Å². The number of hydrogen-bond donors (Lipinski definition) is 1. The van der Waals surface area contributed by atoms with E-state index in [1.807, 2.05) is 61.5 Å². The summed E-state index contributed by atoms with van der Waals surface area (Å²) in [6.45, 7) is 3.04. The first-order chi connectivity index (χ1) is 16.1. The molecule has 0 spiro atoms. The fourth-order valence-corrected chi connectivity index (χ4v) is 3.62. The van der Waals surface area contributed by atoms with Gasteiger partial charge >= 0.3 is 5.97 Å². The monoisotopic (exact) mass is 443 g/mol. The van der Waals surface area contributed by atoms with E-state index < -0.39 is 11.9 Å². The van der Waals surface area contributed by atoms with Gasteiger partial charge < -0.3 is 19.0 Å². The quantitative estimate of drug-likeness (QED) is 0.327. The number of carboxylic acids is 1. The molecule has 0 fully saturated rings. The van der Waals surface area contributed by atoms with E-state index in [0.29, 0.717) is 24.9 Å². The molecular formula is C27H25NO5. The zero-order valence-electron chi connectivity index (χ0n) is 18.3. The lowest BCUT2D eigenvalue weighted by atomic mass is 9.95. The summed E-state index contributed by atoms with van der Waals surface area (Å²) in [5.74, 6) is 0.595. The van der Waals surface area contributed by atoms with Crippen LogP contribution in [-0.2, 0) is 11.4 Å². The van der Waals surface area contributed by atoms with Crippen molar-refractivity contribution in [3.63, 3.8) is 0 Å². The van der Waals surface area contributed by atoms with Gasteiger partial charge in [-0.2, -0.15) is 0 Å². The van der Waals surface area contributed by atoms with Crippen LogP contribution in [0, 0.1) is 0 Å². The van der Waals surface area contributed by atoms with E-state index >= 15 is 0 Å². The summed E-state index contributed by atoms with van der Waals surface area (Å²) in [6, 6.07) is 23.6. The lowest BCUT2D eigenvalue weighted by Crippen LogP contribution is -2.08. The van der Waals surface area contributed by atoms with Crippen molar-refractivity contribution < 1.29 is 23.8 Å². The van der Waals surface area contributed by atoms with Gasteiger partial charge in [0.25, 0.3) is 0 Å². The van der Waals surface area contributed by atoms with E-state index in [2.05, 4.69) is 23.2 Å². The van der Waals surface area contributed by atoms with E-state index in [1.165, 1.54) is 12.5 Å². The van der Waals surface area contributed by atoms with Crippen LogP contribution in [0.3, 0.4) is 0 Å². The summed E-state index contributed by atoms with van der Waals surface area (Å²) in [5.41, 5.74) is 4.07. The molecule has 0 radical (unpaired) electrons. The Hall–Kier alpha value is -4.06. The van der Waals surface area contributed by atoms with E-state index in [9.17, 15) is 9.90 Å². The van der Waals surface area contributed by atoms with Gasteiger partial charge in [-0.05, 0) is 53.4 Å². The Balaban J connectivity index is 1.39. The first-order valence-electron chi connectivity index (χ1n) is 10.8. The SMILES string of the molecule is CCOc1cccc(-c2ccc(COc3ccc(C(CC(=O)O)c4ncco4)cc3)cc2)c1. The molecule has 4 aromatic rings. The molecule has 6 nitrogen and oxygen atoms in total. The second-order valence-electron chi connectivity index (χ2n) is 7.54. The third kappa shape index (κ3) is 5.80. The molecule has 4 rings (SSSR count). The third-order valence-corrected chi connectivity index (χ3v) is 5.25. The largest absolute Gasteiger partial charge is 0.494 e. The van der Waals surface area contributed by atoms with Gasteiger partial charge in [0.2, 0.25) is 5.89 Å². The van der Waals surface area contributed by atoms with Crippen molar-refractivity contribution in [3.05, 3.63) is 102 Å². The van der Waals surface area contributed by atoms with Crippen molar-refractivity contribution in [2.24, 2.45) is 0 Å². The van der Waals surface area contributed by atoms with E-state index in [4.69, 9.17) is 13.9 Å². The van der Waals surface area contributed by atoms with Gasteiger partial charge in [-0.1, -0.05) is 48.5 Å². The number of aromatic nitrogens is 1. The fraction of sp³-hybridized carbons (Fsp3) is 0.185. The number of ether oxygens (including phenoxy) is 2. The van der Waals surface area contributed by atoms with Gasteiger partial charge in [0, 0.05) is 0 Å². The Morgan fingerprint density at radius 3 is 2.42 bits per heavy atom. The van der Waals surface area contributed by atoms with Crippen LogP contribution in [0.25, 0.3) is 11.1 Å². The van der Waals surface area contributed by atoms with Crippen molar-refractivity contribution in [1.82, 2.24) is 4.98 Å². The fourth-order valence-electron chi connectivity index (χ4n) is 3.62. The van der Waals surface area contributed by atoms with Crippen LogP contribution in [0.2, 0.25) is 0 Å². The highest BCUT2D eigenvalue weighted by molar-refractivity contribution is 5.68. The summed E-state index contributed by atoms with van der Waals surface area (Å²) >= 11 is 0. The van der Waals surface area contributed by atoms with Gasteiger partial charge in [-0.25, -0.2) is 4.98 Å². The van der Waals surface area contributed by atoms with Gasteiger partial charge in [-0.3, -0.25) is 4.79 Å². The molecule has 6 heteroatoms. The van der Waals surface area contributed by atoms with Crippen molar-refractivity contribution in [1.29, 1.82) is 0 Å². The number of aliphatic carboxylic acids is 1. The number of rotatable bonds is 10. The van der Waals surface area contributed by atoms with Crippen LogP contribution in [-0.4, -0.2) is 22.7 Å². The lowest BCUT2D eigenvalue weighted by molar-refractivity contribution is -0.137. The molecule has 3 aromatic carbocycles. The maximum Gasteiger partial charge on any atom is 0.304 e. The molecule has 0 aliphatic rings. The van der Waals surface area contributed by atoms with Crippen LogP contribution < -0.4 is 9.47 Å². The average molecular weight is 443 g/mol. The Morgan fingerprint density at radius 2 is 1.76 bits per heavy atom. The number of benzene rings is 3. The summed E-state index contributed by atoms with van der Waals surface area (Å²) in [4.78, 5) is 15.4. The second-order valence-corrected chi connectivity index (χ2v) is 7.54. The number of carbonyl (C=O) groups is 1. The highest BCUT2D eigenvalue weighted by Gasteiger charge is 2.22. The molecule has 168 valence electrons. The molecule has 0 bridgehead atoms. The van der Waals surface area contributed by atoms with Crippen molar-refractivity contribution >= 4 is 5.97 Å². The Labute approximate surface area is 192 Å². The summed E-state index contributed by atoms with van der Waals surface area (Å²) < 4.78 is 16.8. The first-order valence-corrected chi connectivity index (χ1v) is 10.8. The predicted molar refractivity (Wildman–Crippen MR) is 124 cm³/mol. The highest BCUT2D eigenvalue weighted by Crippen LogP contribution is 2.29. The van der Waals surface area contributed by atoms with Gasteiger partial charge in [0.1, 0.15) is 24.4 Å².